The number of halogens is 3. The Labute approximate surface area is 192 Å². The van der Waals surface area contributed by atoms with E-state index in [1.54, 1.807) is 18.2 Å². The predicted molar refractivity (Wildman–Crippen MR) is 116 cm³/mol. The van der Waals surface area contributed by atoms with Crippen LogP contribution in [0.15, 0.2) is 64.8 Å². The zero-order valence-electron chi connectivity index (χ0n) is 16.6. The number of ketones is 1. The number of nitrogens with zero attached hydrogens (tertiary/aromatic N) is 1. The van der Waals surface area contributed by atoms with Crippen LogP contribution in [0.1, 0.15) is 22.9 Å². The molecule has 1 amide bonds. The summed E-state index contributed by atoms with van der Waals surface area (Å²) in [6.45, 7) is -0.0997. The van der Waals surface area contributed by atoms with Gasteiger partial charge < -0.3 is 19.2 Å². The van der Waals surface area contributed by atoms with Crippen LogP contribution in [0.3, 0.4) is 0 Å². The molecule has 1 aromatic heterocycles. The van der Waals surface area contributed by atoms with Crippen LogP contribution in [0.2, 0.25) is 10.0 Å². The number of likely N-dealkylation sites (tertiary alicyclic amines) is 1. The van der Waals surface area contributed by atoms with Gasteiger partial charge in [0.1, 0.15) is 17.3 Å². The number of hydrogen-bond donors (Lipinski definition) is 1. The Kier molecular flexibility index (Phi) is 5.95. The van der Waals surface area contributed by atoms with E-state index in [2.05, 4.69) is 0 Å². The van der Waals surface area contributed by atoms with E-state index in [1.165, 1.54) is 43.7 Å². The molecular formula is C23H16Cl2FNO5. The molecule has 1 N–H and O–H groups in total. The maximum absolute atomic E-state index is 14.8. The molecular weight excluding hydrogens is 460 g/mol. The summed E-state index contributed by atoms with van der Waals surface area (Å²) < 4.78 is 25.2. The van der Waals surface area contributed by atoms with Gasteiger partial charge in [-0.2, -0.15) is 0 Å². The zero-order valence-corrected chi connectivity index (χ0v) is 18.2. The SMILES string of the molecule is COc1c(Cl)cc(/C(O)=C2\C(=O)C(=O)N(Cc3ccco3)C2c2ccccc2F)cc1Cl. The van der Waals surface area contributed by atoms with Crippen molar-refractivity contribution in [2.45, 2.75) is 12.6 Å². The highest BCUT2D eigenvalue weighted by Gasteiger charge is 2.47. The summed E-state index contributed by atoms with van der Waals surface area (Å²) in [6.07, 6.45) is 1.42. The molecule has 2 heterocycles. The van der Waals surface area contributed by atoms with Gasteiger partial charge in [-0.1, -0.05) is 41.4 Å². The molecule has 1 aliphatic rings. The van der Waals surface area contributed by atoms with Gasteiger partial charge >= 0.3 is 0 Å². The van der Waals surface area contributed by atoms with Crippen molar-refractivity contribution in [1.82, 2.24) is 4.90 Å². The Balaban J connectivity index is 1.91. The Morgan fingerprint density at radius 2 is 1.84 bits per heavy atom. The molecule has 6 nitrogen and oxygen atoms in total. The van der Waals surface area contributed by atoms with Crippen LogP contribution < -0.4 is 4.74 Å². The van der Waals surface area contributed by atoms with E-state index < -0.39 is 29.3 Å². The zero-order chi connectivity index (χ0) is 23.0. The molecule has 4 rings (SSSR count). The monoisotopic (exact) mass is 475 g/mol. The van der Waals surface area contributed by atoms with Crippen molar-refractivity contribution < 1.29 is 28.2 Å². The van der Waals surface area contributed by atoms with Crippen molar-refractivity contribution in [2.75, 3.05) is 7.11 Å². The standard InChI is InChI=1S/C23H16Cl2FNO5/c1-31-22-15(24)9-12(10-16(22)25)20(28)18-19(14-6-2-3-7-17(14)26)27(23(30)21(18)29)11-13-5-4-8-32-13/h2-10,19,28H,11H2,1H3/b20-18+. The molecule has 1 saturated heterocycles. The number of aliphatic hydroxyl groups is 1. The third-order valence-electron chi connectivity index (χ3n) is 5.12. The van der Waals surface area contributed by atoms with Gasteiger partial charge in [-0.15, -0.1) is 0 Å². The van der Waals surface area contributed by atoms with Gasteiger partial charge in [-0.3, -0.25) is 9.59 Å². The lowest BCUT2D eigenvalue weighted by atomic mass is 9.95. The predicted octanol–water partition coefficient (Wildman–Crippen LogP) is 5.36. The molecule has 1 aliphatic heterocycles. The van der Waals surface area contributed by atoms with Crippen molar-refractivity contribution in [2.24, 2.45) is 0 Å². The number of Topliss-reactive ketones (excluding diaryl/α,β-unsaturated/α-hetero) is 1. The topological polar surface area (TPSA) is 80.0 Å². The number of rotatable bonds is 5. The summed E-state index contributed by atoms with van der Waals surface area (Å²) in [4.78, 5) is 27.0. The Hall–Kier alpha value is -3.29. The number of methoxy groups -OCH3 is 1. The Bertz CT molecular complexity index is 1220. The van der Waals surface area contributed by atoms with Crippen molar-refractivity contribution >= 4 is 40.7 Å². The van der Waals surface area contributed by atoms with Crippen molar-refractivity contribution in [3.05, 3.63) is 93.1 Å². The summed E-state index contributed by atoms with van der Waals surface area (Å²) in [5.74, 6) is -2.46. The largest absolute Gasteiger partial charge is 0.507 e. The number of ether oxygens (including phenoxy) is 1. The van der Waals surface area contributed by atoms with Crippen LogP contribution in [0.4, 0.5) is 4.39 Å². The molecule has 3 aromatic rings. The van der Waals surface area contributed by atoms with Crippen LogP contribution in [0.5, 0.6) is 5.75 Å². The highest BCUT2D eigenvalue weighted by Crippen LogP contribution is 2.43. The molecule has 9 heteroatoms. The van der Waals surface area contributed by atoms with Gasteiger partial charge in [0.05, 0.1) is 41.6 Å². The highest BCUT2D eigenvalue weighted by molar-refractivity contribution is 6.46. The summed E-state index contributed by atoms with van der Waals surface area (Å²) in [7, 11) is 1.38. The van der Waals surface area contributed by atoms with Gasteiger partial charge in [0, 0.05) is 11.1 Å². The van der Waals surface area contributed by atoms with E-state index in [0.29, 0.717) is 5.76 Å². The molecule has 0 aliphatic carbocycles. The summed E-state index contributed by atoms with van der Waals surface area (Å²) in [5.41, 5.74) is -0.160. The first kappa shape index (κ1) is 21.9. The lowest BCUT2D eigenvalue weighted by Gasteiger charge is -2.24. The van der Waals surface area contributed by atoms with Crippen molar-refractivity contribution in [3.8, 4) is 5.75 Å². The average Bonchev–Trinajstić information content (AvgIpc) is 3.36. The summed E-state index contributed by atoms with van der Waals surface area (Å²) in [6, 6.07) is 10.5. The molecule has 0 saturated carbocycles. The van der Waals surface area contributed by atoms with Crippen LogP contribution in [0.25, 0.3) is 5.76 Å². The van der Waals surface area contributed by atoms with Crippen LogP contribution in [-0.4, -0.2) is 28.8 Å². The lowest BCUT2D eigenvalue weighted by molar-refractivity contribution is -0.140. The number of carbonyl (C=O) groups is 2. The fourth-order valence-electron chi connectivity index (χ4n) is 3.68. The minimum Gasteiger partial charge on any atom is -0.507 e. The molecule has 1 unspecified atom stereocenters. The molecule has 164 valence electrons. The normalized spacial score (nSPS) is 17.8. The molecule has 1 fully saturated rings. The maximum atomic E-state index is 14.8. The van der Waals surface area contributed by atoms with E-state index in [0.717, 1.165) is 4.90 Å². The third kappa shape index (κ3) is 3.74. The summed E-state index contributed by atoms with van der Waals surface area (Å²) >= 11 is 12.3. The first-order valence-corrected chi connectivity index (χ1v) is 10.2. The average molecular weight is 476 g/mol. The van der Waals surface area contributed by atoms with Gasteiger partial charge in [0.25, 0.3) is 11.7 Å². The number of hydrogen-bond acceptors (Lipinski definition) is 5. The van der Waals surface area contributed by atoms with Crippen LogP contribution >= 0.6 is 23.2 Å². The first-order valence-electron chi connectivity index (χ1n) is 9.42. The fourth-order valence-corrected chi connectivity index (χ4v) is 4.32. The lowest BCUT2D eigenvalue weighted by Crippen LogP contribution is -2.29. The van der Waals surface area contributed by atoms with Crippen LogP contribution in [0, 0.1) is 5.82 Å². The van der Waals surface area contributed by atoms with E-state index in [4.69, 9.17) is 32.4 Å². The van der Waals surface area contributed by atoms with Crippen LogP contribution in [-0.2, 0) is 16.1 Å². The van der Waals surface area contributed by atoms with E-state index >= 15 is 0 Å². The molecule has 1 atom stereocenters. The van der Waals surface area contributed by atoms with Gasteiger partial charge in [0.2, 0.25) is 0 Å². The summed E-state index contributed by atoms with van der Waals surface area (Å²) in [5, 5.41) is 11.2. The first-order chi connectivity index (χ1) is 15.3. The Morgan fingerprint density at radius 1 is 1.16 bits per heavy atom. The number of carbonyl (C=O) groups excluding carboxylic acids is 2. The molecule has 0 spiro atoms. The second kappa shape index (κ2) is 8.68. The molecule has 0 bridgehead atoms. The number of amides is 1. The maximum Gasteiger partial charge on any atom is 0.296 e. The van der Waals surface area contributed by atoms with Crippen molar-refractivity contribution in [1.29, 1.82) is 0 Å². The Morgan fingerprint density at radius 3 is 2.44 bits per heavy atom. The third-order valence-corrected chi connectivity index (χ3v) is 5.68. The number of benzene rings is 2. The second-order valence-corrected chi connectivity index (χ2v) is 7.82. The number of furan rings is 1. The van der Waals surface area contributed by atoms with E-state index in [1.807, 2.05) is 0 Å². The highest BCUT2D eigenvalue weighted by atomic mass is 35.5. The smallest absolute Gasteiger partial charge is 0.296 e. The molecule has 32 heavy (non-hydrogen) atoms. The van der Waals surface area contributed by atoms with E-state index in [-0.39, 0.29) is 39.0 Å². The van der Waals surface area contributed by atoms with E-state index in [9.17, 15) is 19.1 Å². The number of aliphatic hydroxyl groups excluding tert-OH is 1. The molecule has 2 aromatic carbocycles. The van der Waals surface area contributed by atoms with Gasteiger partial charge in [-0.25, -0.2) is 4.39 Å². The minimum atomic E-state index is -1.19. The quantitative estimate of drug-likeness (QED) is 0.305. The second-order valence-electron chi connectivity index (χ2n) is 7.00. The molecule has 0 radical (unpaired) electrons. The van der Waals surface area contributed by atoms with Gasteiger partial charge in [-0.05, 0) is 30.3 Å². The fraction of sp³-hybridized carbons (Fsp3) is 0.130. The van der Waals surface area contributed by atoms with Gasteiger partial charge in [0.15, 0.2) is 5.75 Å². The minimum absolute atomic E-state index is 0.0468. The van der Waals surface area contributed by atoms with Crippen molar-refractivity contribution in [3.63, 3.8) is 0 Å².